The van der Waals surface area contributed by atoms with Crippen molar-refractivity contribution in [3.63, 3.8) is 0 Å². The molecule has 0 aliphatic carbocycles. The molecule has 2 rings (SSSR count). The van der Waals surface area contributed by atoms with Crippen LogP contribution in [-0.2, 0) is 0 Å². The molecule has 0 heterocycles. The molecule has 0 fully saturated rings. The lowest BCUT2D eigenvalue weighted by Crippen LogP contribution is -2.13. The Morgan fingerprint density at radius 2 is 1.95 bits per heavy atom. The molecule has 1 N–H and O–H groups in total. The van der Waals surface area contributed by atoms with Gasteiger partial charge in [-0.3, -0.25) is 4.79 Å². The number of nitrogens with one attached hydrogen (secondary N) is 1. The van der Waals surface area contributed by atoms with Crippen molar-refractivity contribution in [1.82, 2.24) is 0 Å². The molecule has 2 aromatic carbocycles. The van der Waals surface area contributed by atoms with E-state index < -0.39 is 0 Å². The summed E-state index contributed by atoms with van der Waals surface area (Å²) >= 11 is 12.7. The third kappa shape index (κ3) is 3.38. The topological polar surface area (TPSA) is 29.1 Å². The van der Waals surface area contributed by atoms with Crippen LogP contribution in [-0.4, -0.2) is 5.91 Å². The number of aryl methyl sites for hydroxylation is 1. The summed E-state index contributed by atoms with van der Waals surface area (Å²) in [6.45, 7) is 1.94. The molecule has 0 unspecified atom stereocenters. The first-order valence-corrected chi connectivity index (χ1v) is 7.47. The van der Waals surface area contributed by atoms with E-state index in [1.165, 1.54) is 0 Å². The van der Waals surface area contributed by atoms with Gasteiger partial charge in [0.1, 0.15) is 0 Å². The van der Waals surface area contributed by atoms with Crippen LogP contribution in [0, 0.1) is 6.92 Å². The number of carbonyl (C=O) groups is 1. The Bertz CT molecular complexity index is 643. The van der Waals surface area contributed by atoms with Crippen molar-refractivity contribution in [1.29, 1.82) is 0 Å². The average Bonchev–Trinajstić information content (AvgIpc) is 2.36. The van der Waals surface area contributed by atoms with Gasteiger partial charge in [0.05, 0.1) is 11.3 Å². The second-order valence-electron chi connectivity index (χ2n) is 4.01. The summed E-state index contributed by atoms with van der Waals surface area (Å²) < 4.78 is 1.55. The molecule has 5 heteroatoms. The SMILES string of the molecule is Cc1cccc(C(=O)Nc2ccc(Cl)cc2Br)c1Br. The third-order valence-corrected chi connectivity index (χ3v) is 4.56. The molecule has 0 saturated heterocycles. The van der Waals surface area contributed by atoms with Crippen LogP contribution in [0.1, 0.15) is 15.9 Å². The summed E-state index contributed by atoms with van der Waals surface area (Å²) in [6.07, 6.45) is 0. The first-order chi connectivity index (χ1) is 8.99. The highest BCUT2D eigenvalue weighted by Crippen LogP contribution is 2.27. The minimum Gasteiger partial charge on any atom is -0.321 e. The zero-order chi connectivity index (χ0) is 14.0. The van der Waals surface area contributed by atoms with Crippen LogP contribution in [0.3, 0.4) is 0 Å². The molecular formula is C14H10Br2ClNO. The summed E-state index contributed by atoms with van der Waals surface area (Å²) in [4.78, 5) is 12.2. The van der Waals surface area contributed by atoms with Crippen molar-refractivity contribution >= 4 is 55.1 Å². The number of hydrogen-bond donors (Lipinski definition) is 1. The van der Waals surface area contributed by atoms with E-state index in [9.17, 15) is 4.79 Å². The monoisotopic (exact) mass is 401 g/mol. The fourth-order valence-corrected chi connectivity index (χ4v) is 2.83. The predicted octanol–water partition coefficient (Wildman–Crippen LogP) is 5.43. The summed E-state index contributed by atoms with van der Waals surface area (Å²) in [7, 11) is 0. The van der Waals surface area contributed by atoms with E-state index >= 15 is 0 Å². The molecule has 98 valence electrons. The lowest BCUT2D eigenvalue weighted by molar-refractivity contribution is 0.102. The molecule has 0 saturated carbocycles. The molecule has 19 heavy (non-hydrogen) atoms. The Hall–Kier alpha value is -0.840. The predicted molar refractivity (Wildman–Crippen MR) is 86.0 cm³/mol. The van der Waals surface area contributed by atoms with E-state index in [0.717, 1.165) is 14.5 Å². The molecular weight excluding hydrogens is 393 g/mol. The minimum atomic E-state index is -0.168. The van der Waals surface area contributed by atoms with E-state index in [2.05, 4.69) is 37.2 Å². The Balaban J connectivity index is 2.28. The van der Waals surface area contributed by atoms with E-state index in [1.54, 1.807) is 24.3 Å². The van der Waals surface area contributed by atoms with Crippen LogP contribution in [0.15, 0.2) is 45.3 Å². The van der Waals surface area contributed by atoms with Crippen molar-refractivity contribution in [3.8, 4) is 0 Å². The van der Waals surface area contributed by atoms with Crippen LogP contribution in [0.4, 0.5) is 5.69 Å². The average molecular weight is 404 g/mol. The normalized spacial score (nSPS) is 10.3. The highest BCUT2D eigenvalue weighted by Gasteiger charge is 2.12. The quantitative estimate of drug-likeness (QED) is 0.712. The molecule has 0 aliphatic heterocycles. The Morgan fingerprint density at radius 3 is 2.63 bits per heavy atom. The number of benzene rings is 2. The molecule has 0 atom stereocenters. The van der Waals surface area contributed by atoms with Gasteiger partial charge in [0.15, 0.2) is 0 Å². The highest BCUT2D eigenvalue weighted by atomic mass is 79.9. The van der Waals surface area contributed by atoms with Gasteiger partial charge in [-0.25, -0.2) is 0 Å². The van der Waals surface area contributed by atoms with Crippen LogP contribution >= 0.6 is 43.5 Å². The largest absolute Gasteiger partial charge is 0.321 e. The molecule has 0 bridgehead atoms. The maximum atomic E-state index is 12.2. The molecule has 0 aromatic heterocycles. The fraction of sp³-hybridized carbons (Fsp3) is 0.0714. The molecule has 0 radical (unpaired) electrons. The molecule has 1 amide bonds. The fourth-order valence-electron chi connectivity index (χ4n) is 1.60. The molecule has 0 aliphatic rings. The molecule has 2 aromatic rings. The number of anilines is 1. The Labute approximate surface area is 133 Å². The smallest absolute Gasteiger partial charge is 0.256 e. The van der Waals surface area contributed by atoms with Gasteiger partial charge in [-0.1, -0.05) is 23.7 Å². The maximum Gasteiger partial charge on any atom is 0.256 e. The van der Waals surface area contributed by atoms with E-state index in [1.807, 2.05) is 19.1 Å². The van der Waals surface area contributed by atoms with Crippen molar-refractivity contribution in [2.24, 2.45) is 0 Å². The zero-order valence-electron chi connectivity index (χ0n) is 10.0. The third-order valence-electron chi connectivity index (χ3n) is 2.62. The first kappa shape index (κ1) is 14.6. The summed E-state index contributed by atoms with van der Waals surface area (Å²) in [5.74, 6) is -0.168. The first-order valence-electron chi connectivity index (χ1n) is 5.50. The van der Waals surface area contributed by atoms with Crippen LogP contribution in [0.5, 0.6) is 0 Å². The van der Waals surface area contributed by atoms with Crippen molar-refractivity contribution in [2.75, 3.05) is 5.32 Å². The van der Waals surface area contributed by atoms with Crippen LogP contribution in [0.2, 0.25) is 5.02 Å². The second kappa shape index (κ2) is 6.07. The molecule has 2 nitrogen and oxygen atoms in total. The van der Waals surface area contributed by atoms with Crippen molar-refractivity contribution < 1.29 is 4.79 Å². The summed E-state index contributed by atoms with van der Waals surface area (Å²) in [6, 6.07) is 10.8. The van der Waals surface area contributed by atoms with Gasteiger partial charge in [0.2, 0.25) is 0 Å². The van der Waals surface area contributed by atoms with Gasteiger partial charge in [-0.2, -0.15) is 0 Å². The number of rotatable bonds is 2. The van der Waals surface area contributed by atoms with E-state index in [4.69, 9.17) is 11.6 Å². The Morgan fingerprint density at radius 1 is 1.21 bits per heavy atom. The van der Waals surface area contributed by atoms with Crippen LogP contribution < -0.4 is 5.32 Å². The maximum absolute atomic E-state index is 12.2. The Kier molecular flexibility index (Phi) is 4.66. The zero-order valence-corrected chi connectivity index (χ0v) is 13.9. The van der Waals surface area contributed by atoms with Gasteiger partial charge in [-0.05, 0) is 68.6 Å². The lowest BCUT2D eigenvalue weighted by atomic mass is 10.1. The van der Waals surface area contributed by atoms with Gasteiger partial charge in [0, 0.05) is 14.0 Å². The van der Waals surface area contributed by atoms with Gasteiger partial charge >= 0.3 is 0 Å². The standard InChI is InChI=1S/C14H10Br2ClNO/c1-8-3-2-4-10(13(8)16)14(19)18-12-6-5-9(17)7-11(12)15/h2-7H,1H3,(H,18,19). The highest BCUT2D eigenvalue weighted by molar-refractivity contribution is 9.11. The van der Waals surface area contributed by atoms with E-state index in [0.29, 0.717) is 16.3 Å². The van der Waals surface area contributed by atoms with E-state index in [-0.39, 0.29) is 5.91 Å². The number of hydrogen-bond acceptors (Lipinski definition) is 1. The minimum absolute atomic E-state index is 0.168. The van der Waals surface area contributed by atoms with Gasteiger partial charge < -0.3 is 5.32 Å². The summed E-state index contributed by atoms with van der Waals surface area (Å²) in [5, 5.41) is 3.46. The number of amides is 1. The van der Waals surface area contributed by atoms with Crippen molar-refractivity contribution in [2.45, 2.75) is 6.92 Å². The number of carbonyl (C=O) groups excluding carboxylic acids is 1. The summed E-state index contributed by atoms with van der Waals surface area (Å²) in [5.41, 5.74) is 2.30. The van der Waals surface area contributed by atoms with Gasteiger partial charge in [-0.15, -0.1) is 0 Å². The lowest BCUT2D eigenvalue weighted by Gasteiger charge is -2.10. The van der Waals surface area contributed by atoms with Crippen LogP contribution in [0.25, 0.3) is 0 Å². The second-order valence-corrected chi connectivity index (χ2v) is 6.10. The van der Waals surface area contributed by atoms with Crippen molar-refractivity contribution in [3.05, 3.63) is 61.5 Å². The number of halogens is 3. The molecule has 0 spiro atoms. The van der Waals surface area contributed by atoms with Gasteiger partial charge in [0.25, 0.3) is 5.91 Å².